The predicted octanol–water partition coefficient (Wildman–Crippen LogP) is 0.0329. The lowest BCUT2D eigenvalue weighted by Gasteiger charge is -2.50. The molecule has 0 aromatic heterocycles. The molecular formula is C7H14N2O2. The first-order valence-corrected chi connectivity index (χ1v) is 4.26. The molecule has 0 aromatic rings. The second-order valence-corrected chi connectivity index (χ2v) is 3.81. The van der Waals surface area contributed by atoms with Gasteiger partial charge in [0.1, 0.15) is 26.2 Å². The summed E-state index contributed by atoms with van der Waals surface area (Å²) < 4.78 is -0.190. The maximum atomic E-state index is 11.7. The highest BCUT2D eigenvalue weighted by Crippen LogP contribution is 2.22. The first-order valence-electron chi connectivity index (χ1n) is 4.26. The zero-order valence-corrected chi connectivity index (χ0v) is 6.66. The van der Waals surface area contributed by atoms with Crippen molar-refractivity contribution >= 4 is 0 Å². The second kappa shape index (κ2) is 2.17. The van der Waals surface area contributed by atoms with E-state index < -0.39 is 0 Å². The van der Waals surface area contributed by atoms with Gasteiger partial charge < -0.3 is 19.7 Å². The normalized spacial score (nSPS) is 50.7. The number of hydroxylamine groups is 6. The highest BCUT2D eigenvalue weighted by Gasteiger charge is 2.35. The van der Waals surface area contributed by atoms with Crippen molar-refractivity contribution in [1.82, 2.24) is 0 Å². The van der Waals surface area contributed by atoms with Crippen molar-refractivity contribution in [3.8, 4) is 0 Å². The van der Waals surface area contributed by atoms with Crippen molar-refractivity contribution in [2.24, 2.45) is 0 Å². The summed E-state index contributed by atoms with van der Waals surface area (Å²) in [6, 6.07) is 0. The Morgan fingerprint density at radius 1 is 0.636 bits per heavy atom. The van der Waals surface area contributed by atoms with Crippen LogP contribution in [0, 0.1) is 10.4 Å². The van der Waals surface area contributed by atoms with Crippen LogP contribution >= 0.6 is 0 Å². The SMILES string of the molecule is [O-][N+]12CCC[N+]([O-])(CC1)CC2. The lowest BCUT2D eigenvalue weighted by atomic mass is 10.3. The van der Waals surface area contributed by atoms with Crippen LogP contribution in [0.3, 0.4) is 0 Å². The predicted molar refractivity (Wildman–Crippen MR) is 41.1 cm³/mol. The fourth-order valence-corrected chi connectivity index (χ4v) is 2.05. The molecule has 3 aliphatic rings. The molecule has 0 atom stereocenters. The second-order valence-electron chi connectivity index (χ2n) is 3.81. The topological polar surface area (TPSA) is 46.1 Å². The zero-order valence-electron chi connectivity index (χ0n) is 6.66. The summed E-state index contributed by atoms with van der Waals surface area (Å²) in [6.07, 6.45) is 0.812. The van der Waals surface area contributed by atoms with Crippen LogP contribution < -0.4 is 0 Å². The first kappa shape index (κ1) is 7.49. The third-order valence-corrected chi connectivity index (χ3v) is 2.96. The highest BCUT2D eigenvalue weighted by molar-refractivity contribution is 4.60. The van der Waals surface area contributed by atoms with Gasteiger partial charge in [-0.2, -0.15) is 0 Å². The number of piperazine rings is 1. The van der Waals surface area contributed by atoms with Crippen molar-refractivity contribution in [3.05, 3.63) is 10.4 Å². The minimum atomic E-state index is -0.0950. The number of hydrogen-bond acceptors (Lipinski definition) is 2. The molecule has 0 saturated carbocycles. The molecule has 64 valence electrons. The number of quaternary nitrogens is 2. The molecule has 0 unspecified atom stereocenters. The third-order valence-electron chi connectivity index (χ3n) is 2.96. The van der Waals surface area contributed by atoms with Gasteiger partial charge >= 0.3 is 0 Å². The van der Waals surface area contributed by atoms with Crippen molar-refractivity contribution in [3.63, 3.8) is 0 Å². The molecule has 0 N–H and O–H groups in total. The molecule has 0 aliphatic carbocycles. The Kier molecular flexibility index (Phi) is 1.47. The van der Waals surface area contributed by atoms with Gasteiger partial charge in [0.2, 0.25) is 0 Å². The maximum absolute atomic E-state index is 11.7. The van der Waals surface area contributed by atoms with Gasteiger partial charge in [-0.1, -0.05) is 0 Å². The molecule has 2 bridgehead atoms. The van der Waals surface area contributed by atoms with E-state index in [1.807, 2.05) is 0 Å². The smallest absolute Gasteiger partial charge is 0.129 e. The Balaban J connectivity index is 2.17. The van der Waals surface area contributed by atoms with Gasteiger partial charge in [-0.05, 0) is 0 Å². The van der Waals surface area contributed by atoms with Gasteiger partial charge in [0.25, 0.3) is 0 Å². The molecule has 3 saturated heterocycles. The molecule has 11 heavy (non-hydrogen) atoms. The Bertz CT molecular complexity index is 146. The summed E-state index contributed by atoms with van der Waals surface area (Å²) in [4.78, 5) is 0. The summed E-state index contributed by atoms with van der Waals surface area (Å²) in [7, 11) is 0. The van der Waals surface area contributed by atoms with Crippen molar-refractivity contribution in [2.75, 3.05) is 39.3 Å². The Morgan fingerprint density at radius 2 is 1.00 bits per heavy atom. The quantitative estimate of drug-likeness (QED) is 0.369. The van der Waals surface area contributed by atoms with Crippen LogP contribution in [0.5, 0.6) is 0 Å². The first-order chi connectivity index (χ1) is 5.12. The Morgan fingerprint density at radius 3 is 1.36 bits per heavy atom. The van der Waals surface area contributed by atoms with Gasteiger partial charge in [0, 0.05) is 6.42 Å². The van der Waals surface area contributed by atoms with Gasteiger partial charge in [-0.15, -0.1) is 0 Å². The summed E-state index contributed by atoms with van der Waals surface area (Å²) in [5.74, 6) is 0. The third kappa shape index (κ3) is 1.27. The van der Waals surface area contributed by atoms with Gasteiger partial charge in [0.15, 0.2) is 0 Å². The standard InChI is InChI=1S/C7H14N2O2/c10-8-2-1-3-9(11,6-4-8)7-5-8/h1-7H2. The van der Waals surface area contributed by atoms with Crippen molar-refractivity contribution in [2.45, 2.75) is 6.42 Å². The number of rotatable bonds is 0. The van der Waals surface area contributed by atoms with Gasteiger partial charge in [0.05, 0.1) is 13.1 Å². The molecule has 0 radical (unpaired) electrons. The average Bonchev–Trinajstić information content (AvgIpc) is 2.18. The van der Waals surface area contributed by atoms with Crippen LogP contribution in [0.15, 0.2) is 0 Å². The molecule has 0 aromatic carbocycles. The van der Waals surface area contributed by atoms with E-state index in [0.717, 1.165) is 6.42 Å². The molecule has 3 rings (SSSR count). The largest absolute Gasteiger partial charge is 0.632 e. The molecule has 0 spiro atoms. The van der Waals surface area contributed by atoms with Crippen molar-refractivity contribution in [1.29, 1.82) is 0 Å². The average molecular weight is 158 g/mol. The molecular weight excluding hydrogens is 144 g/mol. The summed E-state index contributed by atoms with van der Waals surface area (Å²) in [5, 5.41) is 23.4. The van der Waals surface area contributed by atoms with E-state index in [9.17, 15) is 10.4 Å². The van der Waals surface area contributed by atoms with E-state index in [2.05, 4.69) is 0 Å². The number of fused-ring (bicyclic) bond motifs is 4. The van der Waals surface area contributed by atoms with Crippen LogP contribution in [0.2, 0.25) is 0 Å². The fraction of sp³-hybridized carbons (Fsp3) is 1.00. The molecule has 3 heterocycles. The summed E-state index contributed by atoms with van der Waals surface area (Å²) in [6.45, 7) is 3.52. The Hall–Kier alpha value is -0.160. The Labute approximate surface area is 66.4 Å². The van der Waals surface area contributed by atoms with Crippen LogP contribution in [-0.4, -0.2) is 48.6 Å². The van der Waals surface area contributed by atoms with E-state index in [1.54, 1.807) is 0 Å². The number of nitrogens with zero attached hydrogens (tertiary/aromatic N) is 2. The molecule has 3 fully saturated rings. The van der Waals surface area contributed by atoms with E-state index in [0.29, 0.717) is 39.3 Å². The lowest BCUT2D eigenvalue weighted by molar-refractivity contribution is -0.971. The summed E-state index contributed by atoms with van der Waals surface area (Å²) >= 11 is 0. The highest BCUT2D eigenvalue weighted by atomic mass is 16.6. The zero-order chi connectivity index (χ0) is 7.95. The fourth-order valence-electron chi connectivity index (χ4n) is 2.05. The van der Waals surface area contributed by atoms with Crippen LogP contribution in [0.25, 0.3) is 0 Å². The van der Waals surface area contributed by atoms with E-state index in [-0.39, 0.29) is 9.29 Å². The van der Waals surface area contributed by atoms with Crippen molar-refractivity contribution < 1.29 is 9.29 Å². The van der Waals surface area contributed by atoms with Gasteiger partial charge in [-0.3, -0.25) is 0 Å². The minimum absolute atomic E-state index is 0.0950. The molecule has 4 heteroatoms. The van der Waals surface area contributed by atoms with Crippen LogP contribution in [0.4, 0.5) is 0 Å². The van der Waals surface area contributed by atoms with E-state index in [4.69, 9.17) is 0 Å². The minimum Gasteiger partial charge on any atom is -0.632 e. The molecule has 4 nitrogen and oxygen atoms in total. The van der Waals surface area contributed by atoms with Crippen LogP contribution in [-0.2, 0) is 0 Å². The maximum Gasteiger partial charge on any atom is 0.129 e. The molecule has 3 aliphatic heterocycles. The van der Waals surface area contributed by atoms with Gasteiger partial charge in [-0.25, -0.2) is 0 Å². The monoisotopic (exact) mass is 158 g/mol. The summed E-state index contributed by atoms with van der Waals surface area (Å²) in [5.41, 5.74) is 0. The van der Waals surface area contributed by atoms with E-state index >= 15 is 0 Å². The lowest BCUT2D eigenvalue weighted by Crippen LogP contribution is -2.59. The number of hydrogen-bond donors (Lipinski definition) is 0. The van der Waals surface area contributed by atoms with E-state index in [1.165, 1.54) is 0 Å². The molecule has 0 amide bonds. The van der Waals surface area contributed by atoms with Crippen LogP contribution in [0.1, 0.15) is 6.42 Å².